The van der Waals surface area contributed by atoms with Crippen molar-refractivity contribution < 1.29 is 9.59 Å². The van der Waals surface area contributed by atoms with Crippen molar-refractivity contribution in [2.75, 3.05) is 24.5 Å². The van der Waals surface area contributed by atoms with Crippen molar-refractivity contribution in [2.24, 2.45) is 0 Å². The largest absolute Gasteiger partial charge is 0.367 e. The number of carbonyl (C=O) groups excluding carboxylic acids is 2. The van der Waals surface area contributed by atoms with Gasteiger partial charge in [-0.2, -0.15) is 0 Å². The molecule has 2 aliphatic heterocycles. The molecule has 2 amide bonds. The summed E-state index contributed by atoms with van der Waals surface area (Å²) in [5.74, 6) is 0.0114. The lowest BCUT2D eigenvalue weighted by atomic mass is 9.99. The lowest BCUT2D eigenvalue weighted by Gasteiger charge is -2.33. The number of fused-ring (bicyclic) bond motifs is 1. The SMILES string of the molecule is CC(=O)NC1CCCN(C(=O)c2ccc(N3CCc4ccccc4C3)cc2)C1. The molecule has 2 aromatic rings. The molecular formula is C23H27N3O2. The van der Waals surface area contributed by atoms with Crippen molar-refractivity contribution in [2.45, 2.75) is 38.8 Å². The van der Waals surface area contributed by atoms with Crippen LogP contribution >= 0.6 is 0 Å². The molecule has 1 fully saturated rings. The predicted molar refractivity (Wildman–Crippen MR) is 110 cm³/mol. The van der Waals surface area contributed by atoms with Gasteiger partial charge in [0, 0.05) is 50.4 Å². The number of likely N-dealkylation sites (tertiary alicyclic amines) is 1. The van der Waals surface area contributed by atoms with E-state index in [1.807, 2.05) is 17.0 Å². The van der Waals surface area contributed by atoms with E-state index in [1.54, 1.807) is 0 Å². The van der Waals surface area contributed by atoms with Crippen LogP contribution in [0.5, 0.6) is 0 Å². The van der Waals surface area contributed by atoms with Gasteiger partial charge in [0.25, 0.3) is 5.91 Å². The minimum atomic E-state index is -0.0354. The van der Waals surface area contributed by atoms with Gasteiger partial charge in [0.1, 0.15) is 0 Å². The highest BCUT2D eigenvalue weighted by Gasteiger charge is 2.25. The first-order valence-electron chi connectivity index (χ1n) is 10.1. The zero-order valence-corrected chi connectivity index (χ0v) is 16.4. The molecule has 1 unspecified atom stereocenters. The van der Waals surface area contributed by atoms with E-state index in [0.29, 0.717) is 12.1 Å². The van der Waals surface area contributed by atoms with Crippen LogP contribution in [0.25, 0.3) is 0 Å². The van der Waals surface area contributed by atoms with Gasteiger partial charge in [0.15, 0.2) is 0 Å². The normalized spacial score (nSPS) is 19.1. The van der Waals surface area contributed by atoms with Crippen LogP contribution < -0.4 is 10.2 Å². The number of hydrogen-bond donors (Lipinski definition) is 1. The van der Waals surface area contributed by atoms with E-state index in [9.17, 15) is 9.59 Å². The quantitative estimate of drug-likeness (QED) is 0.895. The number of piperidine rings is 1. The third-order valence-corrected chi connectivity index (χ3v) is 5.73. The predicted octanol–water partition coefficient (Wildman–Crippen LogP) is 2.99. The van der Waals surface area contributed by atoms with Crippen LogP contribution in [0.1, 0.15) is 41.3 Å². The van der Waals surface area contributed by atoms with Crippen molar-refractivity contribution in [3.05, 3.63) is 65.2 Å². The molecule has 0 radical (unpaired) electrons. The number of benzene rings is 2. The maximum absolute atomic E-state index is 12.9. The number of nitrogens with one attached hydrogen (secondary N) is 1. The lowest BCUT2D eigenvalue weighted by molar-refractivity contribution is -0.120. The van der Waals surface area contributed by atoms with Crippen molar-refractivity contribution >= 4 is 17.5 Å². The first kappa shape index (κ1) is 18.5. The molecular weight excluding hydrogens is 350 g/mol. The van der Waals surface area contributed by atoms with Gasteiger partial charge in [0.2, 0.25) is 5.91 Å². The summed E-state index contributed by atoms with van der Waals surface area (Å²) in [5.41, 5.74) is 4.68. The summed E-state index contributed by atoms with van der Waals surface area (Å²) in [6.45, 7) is 4.77. The van der Waals surface area contributed by atoms with Crippen LogP contribution in [-0.4, -0.2) is 42.4 Å². The Hall–Kier alpha value is -2.82. The second-order valence-corrected chi connectivity index (χ2v) is 7.78. The number of nitrogens with zero attached hydrogens (tertiary/aromatic N) is 2. The maximum atomic E-state index is 12.9. The van der Waals surface area contributed by atoms with Gasteiger partial charge in [-0.25, -0.2) is 0 Å². The van der Waals surface area contributed by atoms with Crippen LogP contribution in [0.3, 0.4) is 0 Å². The van der Waals surface area contributed by atoms with E-state index in [-0.39, 0.29) is 17.9 Å². The Morgan fingerprint density at radius 1 is 1.00 bits per heavy atom. The molecule has 1 atom stereocenters. The van der Waals surface area contributed by atoms with Gasteiger partial charge in [-0.3, -0.25) is 9.59 Å². The number of rotatable bonds is 3. The summed E-state index contributed by atoms with van der Waals surface area (Å²) in [6.07, 6.45) is 2.90. The number of anilines is 1. The Balaban J connectivity index is 1.42. The van der Waals surface area contributed by atoms with Crippen molar-refractivity contribution in [3.8, 4) is 0 Å². The van der Waals surface area contributed by atoms with Crippen molar-refractivity contribution in [1.82, 2.24) is 10.2 Å². The second-order valence-electron chi connectivity index (χ2n) is 7.78. The molecule has 2 heterocycles. The number of carbonyl (C=O) groups is 2. The smallest absolute Gasteiger partial charge is 0.253 e. The summed E-state index contributed by atoms with van der Waals surface area (Å²) in [7, 11) is 0. The van der Waals surface area contributed by atoms with Crippen molar-refractivity contribution in [1.29, 1.82) is 0 Å². The maximum Gasteiger partial charge on any atom is 0.253 e. The first-order chi connectivity index (χ1) is 13.6. The Labute approximate surface area is 166 Å². The van der Waals surface area contributed by atoms with E-state index in [0.717, 1.165) is 44.6 Å². The minimum Gasteiger partial charge on any atom is -0.367 e. The summed E-state index contributed by atoms with van der Waals surface area (Å²) in [4.78, 5) is 28.4. The fraction of sp³-hybridized carbons (Fsp3) is 0.391. The van der Waals surface area contributed by atoms with Crippen LogP contribution in [-0.2, 0) is 17.8 Å². The van der Waals surface area contributed by atoms with E-state index in [2.05, 4.69) is 46.6 Å². The zero-order chi connectivity index (χ0) is 19.5. The molecule has 28 heavy (non-hydrogen) atoms. The zero-order valence-electron chi connectivity index (χ0n) is 16.4. The highest BCUT2D eigenvalue weighted by atomic mass is 16.2. The molecule has 0 aromatic heterocycles. The molecule has 0 spiro atoms. The van der Waals surface area contributed by atoms with Gasteiger partial charge in [0.05, 0.1) is 0 Å². The molecule has 1 saturated heterocycles. The van der Waals surface area contributed by atoms with Crippen LogP contribution in [0.2, 0.25) is 0 Å². The third-order valence-electron chi connectivity index (χ3n) is 5.73. The number of amides is 2. The van der Waals surface area contributed by atoms with E-state index < -0.39 is 0 Å². The van der Waals surface area contributed by atoms with Crippen LogP contribution in [0.15, 0.2) is 48.5 Å². The molecule has 4 rings (SSSR count). The Morgan fingerprint density at radius 2 is 1.75 bits per heavy atom. The summed E-state index contributed by atoms with van der Waals surface area (Å²) in [5, 5.41) is 2.94. The van der Waals surface area contributed by atoms with Crippen molar-refractivity contribution in [3.63, 3.8) is 0 Å². The molecule has 0 saturated carbocycles. The fourth-order valence-corrected chi connectivity index (χ4v) is 4.28. The number of hydrogen-bond acceptors (Lipinski definition) is 3. The van der Waals surface area contributed by atoms with Gasteiger partial charge in [-0.15, -0.1) is 0 Å². The lowest BCUT2D eigenvalue weighted by Crippen LogP contribution is -2.49. The van der Waals surface area contributed by atoms with Gasteiger partial charge in [-0.05, 0) is 54.7 Å². The Bertz CT molecular complexity index is 862. The van der Waals surface area contributed by atoms with Gasteiger partial charge < -0.3 is 15.1 Å². The summed E-state index contributed by atoms with van der Waals surface area (Å²) >= 11 is 0. The monoisotopic (exact) mass is 377 g/mol. The average Bonchev–Trinajstić information content (AvgIpc) is 2.73. The van der Waals surface area contributed by atoms with E-state index in [4.69, 9.17) is 0 Å². The molecule has 2 aromatic carbocycles. The fourth-order valence-electron chi connectivity index (χ4n) is 4.28. The van der Waals surface area contributed by atoms with E-state index >= 15 is 0 Å². The molecule has 0 bridgehead atoms. The second kappa shape index (κ2) is 8.05. The molecule has 0 aliphatic carbocycles. The van der Waals surface area contributed by atoms with Gasteiger partial charge in [-0.1, -0.05) is 24.3 Å². The topological polar surface area (TPSA) is 52.7 Å². The van der Waals surface area contributed by atoms with Gasteiger partial charge >= 0.3 is 0 Å². The highest BCUT2D eigenvalue weighted by molar-refractivity contribution is 5.94. The Kier molecular flexibility index (Phi) is 5.33. The standard InChI is InChI=1S/C23H27N3O2/c1-17(27)24-21-7-4-13-26(16-21)23(28)19-8-10-22(11-9-19)25-14-12-18-5-2-3-6-20(18)15-25/h2-3,5-6,8-11,21H,4,7,12-16H2,1H3,(H,24,27). The summed E-state index contributed by atoms with van der Waals surface area (Å²) in [6, 6.07) is 16.6. The first-order valence-corrected chi connectivity index (χ1v) is 10.1. The molecule has 2 aliphatic rings. The Morgan fingerprint density at radius 3 is 2.50 bits per heavy atom. The minimum absolute atomic E-state index is 0.0354. The highest BCUT2D eigenvalue weighted by Crippen LogP contribution is 2.25. The molecule has 1 N–H and O–H groups in total. The van der Waals surface area contributed by atoms with Crippen LogP contribution in [0, 0.1) is 0 Å². The molecule has 5 nitrogen and oxygen atoms in total. The summed E-state index contributed by atoms with van der Waals surface area (Å²) < 4.78 is 0. The molecule has 146 valence electrons. The third kappa shape index (κ3) is 4.03. The van der Waals surface area contributed by atoms with Crippen LogP contribution in [0.4, 0.5) is 5.69 Å². The molecule has 5 heteroatoms. The average molecular weight is 377 g/mol. The van der Waals surface area contributed by atoms with E-state index in [1.165, 1.54) is 18.1 Å².